The molecule has 130 valence electrons. The molecule has 0 aromatic carbocycles. The second-order valence-electron chi connectivity index (χ2n) is 5.66. The summed E-state index contributed by atoms with van der Waals surface area (Å²) in [6.45, 7) is 5.78. The van der Waals surface area contributed by atoms with Crippen LogP contribution in [0.4, 0.5) is 0 Å². The molecule has 0 amide bonds. The van der Waals surface area contributed by atoms with Crippen LogP contribution in [0.1, 0.15) is 58.8 Å². The molecule has 3 heteroatoms. The van der Waals surface area contributed by atoms with Crippen LogP contribution < -0.4 is 0 Å². The van der Waals surface area contributed by atoms with Gasteiger partial charge in [0.2, 0.25) is 0 Å². The number of hydrogen-bond acceptors (Lipinski definition) is 3. The maximum atomic E-state index is 7.98. The molecule has 2 rings (SSSR count). The molecule has 0 aromatic rings. The topological polar surface area (TPSA) is 38.7 Å². The van der Waals surface area contributed by atoms with E-state index in [1.165, 1.54) is 44.9 Å². The van der Waals surface area contributed by atoms with Gasteiger partial charge in [-0.3, -0.25) is 0 Å². The third-order valence-electron chi connectivity index (χ3n) is 3.84. The maximum absolute atomic E-state index is 7.98. The summed E-state index contributed by atoms with van der Waals surface area (Å²) in [7, 11) is 1.68. The normalized spacial score (nSPS) is 22.3. The average molecular weight is 312 g/mol. The van der Waals surface area contributed by atoms with Crippen LogP contribution in [-0.2, 0) is 9.47 Å². The van der Waals surface area contributed by atoms with Gasteiger partial charge in [-0.25, -0.2) is 0 Å². The molecule has 2 aliphatic rings. The van der Waals surface area contributed by atoms with Gasteiger partial charge in [0.05, 0.1) is 12.7 Å². The van der Waals surface area contributed by atoms with E-state index in [1.807, 2.05) is 13.8 Å². The van der Waals surface area contributed by atoms with Gasteiger partial charge in [0.15, 0.2) is 0 Å². The van der Waals surface area contributed by atoms with E-state index in [-0.39, 0.29) is 6.61 Å². The first-order chi connectivity index (χ1) is 10.8. The monoisotopic (exact) mass is 312 g/mol. The number of hydrogen-bond donors (Lipinski definition) is 1. The van der Waals surface area contributed by atoms with E-state index in [1.54, 1.807) is 19.3 Å². The zero-order valence-corrected chi connectivity index (χ0v) is 14.8. The van der Waals surface area contributed by atoms with Crippen molar-refractivity contribution in [3.8, 4) is 0 Å². The number of aliphatic hydroxyl groups excluding tert-OH is 1. The SMILES string of the molecule is C(=C\C1CCCO1)/C1CCCCC1.C/C=C\CO.CCOC. The van der Waals surface area contributed by atoms with Crippen molar-refractivity contribution in [3.05, 3.63) is 24.3 Å². The van der Waals surface area contributed by atoms with Crippen molar-refractivity contribution in [1.29, 1.82) is 0 Å². The lowest BCUT2D eigenvalue weighted by Crippen LogP contribution is -2.05. The summed E-state index contributed by atoms with van der Waals surface area (Å²) < 4.78 is 10.1. The van der Waals surface area contributed by atoms with Gasteiger partial charge >= 0.3 is 0 Å². The summed E-state index contributed by atoms with van der Waals surface area (Å²) in [5.74, 6) is 0.859. The maximum Gasteiger partial charge on any atom is 0.0756 e. The van der Waals surface area contributed by atoms with Gasteiger partial charge in [0.25, 0.3) is 0 Å². The van der Waals surface area contributed by atoms with Crippen LogP contribution in [-0.4, -0.2) is 38.1 Å². The lowest BCUT2D eigenvalue weighted by atomic mass is 9.89. The molecule has 0 aromatic heterocycles. The summed E-state index contributed by atoms with van der Waals surface area (Å²) in [6.07, 6.45) is 18.3. The Labute approximate surface area is 137 Å². The van der Waals surface area contributed by atoms with Crippen molar-refractivity contribution >= 4 is 0 Å². The summed E-state index contributed by atoms with van der Waals surface area (Å²) in [5, 5.41) is 7.98. The molecule has 0 spiro atoms. The largest absolute Gasteiger partial charge is 0.392 e. The Morgan fingerprint density at radius 1 is 1.09 bits per heavy atom. The number of aliphatic hydroxyl groups is 1. The number of rotatable bonds is 4. The van der Waals surface area contributed by atoms with Gasteiger partial charge in [-0.05, 0) is 45.4 Å². The minimum absolute atomic E-state index is 0.163. The van der Waals surface area contributed by atoms with E-state index in [0.29, 0.717) is 6.10 Å². The van der Waals surface area contributed by atoms with Gasteiger partial charge in [0, 0.05) is 20.3 Å². The van der Waals surface area contributed by atoms with Crippen LogP contribution in [0, 0.1) is 5.92 Å². The molecule has 1 saturated carbocycles. The zero-order valence-electron chi connectivity index (χ0n) is 14.8. The lowest BCUT2D eigenvalue weighted by Gasteiger charge is -2.18. The van der Waals surface area contributed by atoms with Gasteiger partial charge < -0.3 is 14.6 Å². The summed E-state index contributed by atoms with van der Waals surface area (Å²) in [4.78, 5) is 0. The zero-order chi connectivity index (χ0) is 16.5. The number of ether oxygens (including phenoxy) is 2. The average Bonchev–Trinajstić information content (AvgIpc) is 3.09. The van der Waals surface area contributed by atoms with E-state index in [2.05, 4.69) is 16.9 Å². The molecular weight excluding hydrogens is 276 g/mol. The Bertz CT molecular complexity index is 260. The first-order valence-corrected chi connectivity index (χ1v) is 8.79. The minimum atomic E-state index is 0.163. The lowest BCUT2D eigenvalue weighted by molar-refractivity contribution is 0.145. The molecule has 1 heterocycles. The van der Waals surface area contributed by atoms with Crippen LogP contribution in [0.25, 0.3) is 0 Å². The fourth-order valence-electron chi connectivity index (χ4n) is 2.47. The third kappa shape index (κ3) is 13.1. The predicted octanol–water partition coefficient (Wildman–Crippen LogP) is 4.51. The summed E-state index contributed by atoms with van der Waals surface area (Å²) in [5.41, 5.74) is 0. The Morgan fingerprint density at radius 3 is 2.18 bits per heavy atom. The molecule has 22 heavy (non-hydrogen) atoms. The number of methoxy groups -OCH3 is 1. The molecule has 1 aliphatic carbocycles. The summed E-state index contributed by atoms with van der Waals surface area (Å²) in [6, 6.07) is 0. The van der Waals surface area contributed by atoms with E-state index in [0.717, 1.165) is 19.1 Å². The molecular formula is C19H36O3. The van der Waals surface area contributed by atoms with Crippen molar-refractivity contribution in [2.75, 3.05) is 26.9 Å². The molecule has 1 N–H and O–H groups in total. The summed E-state index contributed by atoms with van der Waals surface area (Å²) >= 11 is 0. The van der Waals surface area contributed by atoms with Crippen molar-refractivity contribution in [2.24, 2.45) is 5.92 Å². The van der Waals surface area contributed by atoms with E-state index >= 15 is 0 Å². The molecule has 3 nitrogen and oxygen atoms in total. The fraction of sp³-hybridized carbons (Fsp3) is 0.789. The van der Waals surface area contributed by atoms with Gasteiger partial charge in [-0.1, -0.05) is 43.6 Å². The second kappa shape index (κ2) is 16.7. The third-order valence-corrected chi connectivity index (χ3v) is 3.84. The molecule has 0 bridgehead atoms. The van der Waals surface area contributed by atoms with E-state index in [4.69, 9.17) is 9.84 Å². The quantitative estimate of drug-likeness (QED) is 0.776. The van der Waals surface area contributed by atoms with E-state index in [9.17, 15) is 0 Å². The molecule has 0 radical (unpaired) electrons. The second-order valence-corrected chi connectivity index (χ2v) is 5.66. The highest BCUT2D eigenvalue weighted by atomic mass is 16.5. The minimum Gasteiger partial charge on any atom is -0.392 e. The molecule has 2 fully saturated rings. The van der Waals surface area contributed by atoms with Crippen LogP contribution >= 0.6 is 0 Å². The fourth-order valence-corrected chi connectivity index (χ4v) is 2.47. The van der Waals surface area contributed by atoms with Crippen LogP contribution in [0.5, 0.6) is 0 Å². The highest BCUT2D eigenvalue weighted by Gasteiger charge is 2.14. The Balaban J connectivity index is 0.000000411. The molecule has 1 unspecified atom stereocenters. The molecule has 1 saturated heterocycles. The first-order valence-electron chi connectivity index (χ1n) is 8.79. The first kappa shape index (κ1) is 21.4. The highest BCUT2D eigenvalue weighted by molar-refractivity contribution is 4.96. The van der Waals surface area contributed by atoms with Crippen molar-refractivity contribution < 1.29 is 14.6 Å². The highest BCUT2D eigenvalue weighted by Crippen LogP contribution is 2.25. The standard InChI is InChI=1S/C12H20O.C4H8O.C3H8O/c1-2-5-11(6-3-1)8-9-12-7-4-10-13-12;1-2-3-4-5;1-3-4-2/h8-9,11-12H,1-7,10H2;2-3,5H,4H2,1H3;3H2,1-2H3/b9-8+;3-2-;. The predicted molar refractivity (Wildman–Crippen MR) is 94.1 cm³/mol. The molecule has 1 aliphatic heterocycles. The van der Waals surface area contributed by atoms with Crippen molar-refractivity contribution in [3.63, 3.8) is 0 Å². The van der Waals surface area contributed by atoms with Gasteiger partial charge in [-0.2, -0.15) is 0 Å². The number of allylic oxidation sites excluding steroid dienone is 2. The van der Waals surface area contributed by atoms with E-state index < -0.39 is 0 Å². The molecule has 1 atom stereocenters. The van der Waals surface area contributed by atoms with Crippen LogP contribution in [0.15, 0.2) is 24.3 Å². The smallest absolute Gasteiger partial charge is 0.0756 e. The van der Waals surface area contributed by atoms with Gasteiger partial charge in [0.1, 0.15) is 0 Å². The Kier molecular flexibility index (Phi) is 16.2. The van der Waals surface area contributed by atoms with Crippen molar-refractivity contribution in [1.82, 2.24) is 0 Å². The van der Waals surface area contributed by atoms with Crippen LogP contribution in [0.2, 0.25) is 0 Å². The van der Waals surface area contributed by atoms with Gasteiger partial charge in [-0.15, -0.1) is 0 Å². The Hall–Kier alpha value is -0.640. The van der Waals surface area contributed by atoms with Crippen LogP contribution in [0.3, 0.4) is 0 Å². The van der Waals surface area contributed by atoms with Crippen molar-refractivity contribution in [2.45, 2.75) is 64.9 Å². The Morgan fingerprint density at radius 2 is 1.77 bits per heavy atom.